The number of hydrogen-bond donors (Lipinski definition) is 0. The minimum Gasteiger partial charge on any atom is -0.323 e. The molecule has 2 heteroatoms. The topological polar surface area (TPSA) is 17.3 Å². The van der Waals surface area contributed by atoms with E-state index in [2.05, 4.69) is 40.0 Å². The summed E-state index contributed by atoms with van der Waals surface area (Å²) in [5.41, 5.74) is 1.24. The maximum absolute atomic E-state index is 4.09. The second kappa shape index (κ2) is 2.33. The molecule has 0 aromatic carbocycles. The molecule has 0 amide bonds. The van der Waals surface area contributed by atoms with Gasteiger partial charge in [0, 0.05) is 35.6 Å². The summed E-state index contributed by atoms with van der Waals surface area (Å²) in [6.45, 7) is 0. The van der Waals surface area contributed by atoms with Crippen molar-refractivity contribution >= 4 is 16.3 Å². The lowest BCUT2D eigenvalue weighted by molar-refractivity contribution is 1.21. The van der Waals surface area contributed by atoms with Gasteiger partial charge >= 0.3 is 0 Å². The van der Waals surface area contributed by atoms with E-state index in [4.69, 9.17) is 0 Å². The molecule has 3 heterocycles. The van der Waals surface area contributed by atoms with Crippen LogP contribution in [0.25, 0.3) is 16.3 Å². The molecule has 0 radical (unpaired) electrons. The van der Waals surface area contributed by atoms with Crippen LogP contribution >= 0.6 is 0 Å². The van der Waals surface area contributed by atoms with Crippen molar-refractivity contribution in [1.82, 2.24) is 9.38 Å². The van der Waals surface area contributed by atoms with Crippen LogP contribution in [0, 0.1) is 0 Å². The third-order valence-electron chi connectivity index (χ3n) is 2.32. The molecular weight excluding hydrogens is 160 g/mol. The molecule has 0 unspecified atom stereocenters. The maximum Gasteiger partial charge on any atom is 0.0529 e. The van der Waals surface area contributed by atoms with Gasteiger partial charge in [-0.05, 0) is 24.3 Å². The summed E-state index contributed by atoms with van der Waals surface area (Å²) in [5, 5.41) is 2.44. The summed E-state index contributed by atoms with van der Waals surface area (Å²) >= 11 is 0. The fourth-order valence-electron chi connectivity index (χ4n) is 1.69. The lowest BCUT2D eigenvalue weighted by Gasteiger charge is -1.99. The number of aromatic nitrogens is 2. The quantitative estimate of drug-likeness (QED) is 0.504. The predicted molar refractivity (Wildman–Crippen MR) is 52.7 cm³/mol. The fourth-order valence-corrected chi connectivity index (χ4v) is 1.69. The molecule has 0 saturated heterocycles. The summed E-state index contributed by atoms with van der Waals surface area (Å²) in [6.07, 6.45) is 7.83. The third kappa shape index (κ3) is 0.855. The lowest BCUT2D eigenvalue weighted by atomic mass is 10.2. The highest BCUT2D eigenvalue weighted by atomic mass is 14.8. The van der Waals surface area contributed by atoms with E-state index >= 15 is 0 Å². The Morgan fingerprint density at radius 1 is 1.08 bits per heavy atom. The predicted octanol–water partition coefficient (Wildman–Crippen LogP) is 2.49. The average Bonchev–Trinajstić information content (AvgIpc) is 2.65. The smallest absolute Gasteiger partial charge is 0.0529 e. The second-order valence-corrected chi connectivity index (χ2v) is 3.08. The van der Waals surface area contributed by atoms with Crippen molar-refractivity contribution in [3.8, 4) is 0 Å². The van der Waals surface area contributed by atoms with Crippen LogP contribution in [-0.4, -0.2) is 9.38 Å². The van der Waals surface area contributed by atoms with E-state index in [-0.39, 0.29) is 0 Å². The standard InChI is InChI=1S/C11H8N2/c1-2-11-10-3-5-12-8-9(10)4-7-13(11)6-1/h1-8H. The van der Waals surface area contributed by atoms with Crippen molar-refractivity contribution in [2.75, 3.05) is 0 Å². The highest BCUT2D eigenvalue weighted by molar-refractivity contribution is 5.95. The summed E-state index contributed by atoms with van der Waals surface area (Å²) in [4.78, 5) is 4.09. The molecule has 0 bridgehead atoms. The highest BCUT2D eigenvalue weighted by Gasteiger charge is 1.97. The van der Waals surface area contributed by atoms with Gasteiger partial charge < -0.3 is 4.40 Å². The van der Waals surface area contributed by atoms with Crippen LogP contribution in [0.1, 0.15) is 0 Å². The number of pyridine rings is 2. The summed E-state index contributed by atoms with van der Waals surface area (Å²) in [6, 6.07) is 8.29. The van der Waals surface area contributed by atoms with E-state index in [0.29, 0.717) is 0 Å². The Morgan fingerprint density at radius 3 is 3.08 bits per heavy atom. The first-order chi connectivity index (χ1) is 6.45. The van der Waals surface area contributed by atoms with Gasteiger partial charge in [-0.1, -0.05) is 0 Å². The molecule has 13 heavy (non-hydrogen) atoms. The first kappa shape index (κ1) is 6.66. The van der Waals surface area contributed by atoms with Crippen molar-refractivity contribution in [3.05, 3.63) is 49.1 Å². The van der Waals surface area contributed by atoms with Gasteiger partial charge in [-0.15, -0.1) is 0 Å². The Hall–Kier alpha value is -1.83. The number of hydrogen-bond acceptors (Lipinski definition) is 1. The van der Waals surface area contributed by atoms with Crippen LogP contribution in [-0.2, 0) is 0 Å². The molecule has 0 aliphatic rings. The van der Waals surface area contributed by atoms with Crippen LogP contribution in [0.3, 0.4) is 0 Å². The molecular formula is C11H8N2. The summed E-state index contributed by atoms with van der Waals surface area (Å²) < 4.78 is 2.11. The monoisotopic (exact) mass is 168 g/mol. The highest BCUT2D eigenvalue weighted by Crippen LogP contribution is 2.18. The van der Waals surface area contributed by atoms with Crippen LogP contribution in [0.4, 0.5) is 0 Å². The Bertz CT molecular complexity index is 566. The Labute approximate surface area is 75.5 Å². The molecule has 0 atom stereocenters. The van der Waals surface area contributed by atoms with Gasteiger partial charge in [-0.2, -0.15) is 0 Å². The summed E-state index contributed by atoms with van der Waals surface area (Å²) in [5.74, 6) is 0. The molecule has 0 saturated carbocycles. The fraction of sp³-hybridized carbons (Fsp3) is 0. The first-order valence-corrected chi connectivity index (χ1v) is 4.24. The molecule has 3 rings (SSSR count). The molecule has 3 aromatic heterocycles. The second-order valence-electron chi connectivity index (χ2n) is 3.08. The first-order valence-electron chi connectivity index (χ1n) is 4.24. The Kier molecular flexibility index (Phi) is 1.19. The van der Waals surface area contributed by atoms with Gasteiger partial charge in [0.2, 0.25) is 0 Å². The van der Waals surface area contributed by atoms with Crippen LogP contribution in [0.2, 0.25) is 0 Å². The average molecular weight is 168 g/mol. The van der Waals surface area contributed by atoms with Gasteiger partial charge in [-0.25, -0.2) is 0 Å². The van der Waals surface area contributed by atoms with Gasteiger partial charge in [0.05, 0.1) is 5.52 Å². The molecule has 0 aliphatic carbocycles. The SMILES string of the molecule is c1cc2c3ccncc3ccn2c1. The number of nitrogens with zero attached hydrogens (tertiary/aromatic N) is 2. The van der Waals surface area contributed by atoms with Crippen LogP contribution in [0.5, 0.6) is 0 Å². The van der Waals surface area contributed by atoms with Gasteiger partial charge in [0.25, 0.3) is 0 Å². The van der Waals surface area contributed by atoms with Gasteiger partial charge in [-0.3, -0.25) is 4.98 Å². The minimum absolute atomic E-state index is 1.19. The lowest BCUT2D eigenvalue weighted by Crippen LogP contribution is -1.83. The van der Waals surface area contributed by atoms with Gasteiger partial charge in [0.15, 0.2) is 0 Å². The molecule has 0 N–H and O–H groups in total. The van der Waals surface area contributed by atoms with Crippen LogP contribution < -0.4 is 0 Å². The normalized spacial score (nSPS) is 11.1. The molecule has 0 fully saturated rings. The minimum atomic E-state index is 1.19. The van der Waals surface area contributed by atoms with Crippen molar-refractivity contribution in [2.45, 2.75) is 0 Å². The zero-order chi connectivity index (χ0) is 8.67. The molecule has 62 valence electrons. The van der Waals surface area contributed by atoms with Crippen molar-refractivity contribution < 1.29 is 0 Å². The number of fused-ring (bicyclic) bond motifs is 3. The number of rotatable bonds is 0. The summed E-state index contributed by atoms with van der Waals surface area (Å²) in [7, 11) is 0. The molecule has 0 spiro atoms. The molecule has 2 nitrogen and oxygen atoms in total. The van der Waals surface area contributed by atoms with Crippen LogP contribution in [0.15, 0.2) is 49.1 Å². The van der Waals surface area contributed by atoms with E-state index in [1.165, 1.54) is 16.3 Å². The zero-order valence-electron chi connectivity index (χ0n) is 7.01. The Balaban J connectivity index is 2.65. The van der Waals surface area contributed by atoms with E-state index in [0.717, 1.165) is 0 Å². The zero-order valence-corrected chi connectivity index (χ0v) is 7.01. The van der Waals surface area contributed by atoms with Gasteiger partial charge in [0.1, 0.15) is 0 Å². The van der Waals surface area contributed by atoms with E-state index in [9.17, 15) is 0 Å². The van der Waals surface area contributed by atoms with Crippen molar-refractivity contribution in [1.29, 1.82) is 0 Å². The van der Waals surface area contributed by atoms with Crippen molar-refractivity contribution in [3.63, 3.8) is 0 Å². The molecule has 0 aliphatic heterocycles. The van der Waals surface area contributed by atoms with E-state index < -0.39 is 0 Å². The maximum atomic E-state index is 4.09. The largest absolute Gasteiger partial charge is 0.323 e. The van der Waals surface area contributed by atoms with E-state index in [1.54, 1.807) is 0 Å². The Morgan fingerprint density at radius 2 is 2.08 bits per heavy atom. The van der Waals surface area contributed by atoms with Crippen molar-refractivity contribution in [2.24, 2.45) is 0 Å². The van der Waals surface area contributed by atoms with E-state index in [1.807, 2.05) is 18.5 Å². The third-order valence-corrected chi connectivity index (χ3v) is 2.32. The molecule has 3 aromatic rings.